The monoisotopic (exact) mass is 542 g/mol. The van der Waals surface area contributed by atoms with Gasteiger partial charge in [-0.2, -0.15) is 0 Å². The van der Waals surface area contributed by atoms with E-state index in [0.29, 0.717) is 34.1 Å². The topological polar surface area (TPSA) is 118 Å². The number of hydrogen-bond donors (Lipinski definition) is 1. The zero-order chi connectivity index (χ0) is 28.6. The number of hydrogen-bond acceptors (Lipinski definition) is 7. The summed E-state index contributed by atoms with van der Waals surface area (Å²) in [5, 5.41) is 0. The van der Waals surface area contributed by atoms with Gasteiger partial charge in [0.15, 0.2) is 11.5 Å². The van der Waals surface area contributed by atoms with E-state index in [1.54, 1.807) is 88.5 Å². The molecule has 0 spiro atoms. The Morgan fingerprint density at radius 3 is 2.35 bits per heavy atom. The molecule has 0 saturated carbocycles. The number of amides is 1. The molecule has 0 aliphatic carbocycles. The summed E-state index contributed by atoms with van der Waals surface area (Å²) in [5.41, 5.74) is 7.18. The number of anilines is 2. The van der Waals surface area contributed by atoms with Crippen LogP contribution in [0.15, 0.2) is 83.9 Å². The van der Waals surface area contributed by atoms with Crippen molar-refractivity contribution in [3.63, 3.8) is 0 Å². The molecule has 40 heavy (non-hydrogen) atoms. The minimum atomic E-state index is -0.667. The molecular weight excluding hydrogens is 515 g/mol. The number of benzene rings is 3. The summed E-state index contributed by atoms with van der Waals surface area (Å²) >= 11 is 0. The predicted molar refractivity (Wildman–Crippen MR) is 150 cm³/mol. The molecule has 5 aromatic rings. The molecule has 3 aromatic carbocycles. The number of imidazole rings is 1. The van der Waals surface area contributed by atoms with Crippen LogP contribution >= 0.6 is 0 Å². The van der Waals surface area contributed by atoms with E-state index in [1.807, 2.05) is 0 Å². The van der Waals surface area contributed by atoms with Crippen molar-refractivity contribution in [3.05, 3.63) is 95.4 Å². The third-order valence-electron chi connectivity index (χ3n) is 5.92. The van der Waals surface area contributed by atoms with Gasteiger partial charge in [0, 0.05) is 18.8 Å². The van der Waals surface area contributed by atoms with Crippen molar-refractivity contribution in [1.82, 2.24) is 19.1 Å². The first kappa shape index (κ1) is 26.4. The third kappa shape index (κ3) is 5.21. The zero-order valence-corrected chi connectivity index (χ0v) is 22.3. The Bertz CT molecular complexity index is 1770. The molecule has 11 heteroatoms. The van der Waals surface area contributed by atoms with E-state index in [0.717, 1.165) is 0 Å². The highest BCUT2D eigenvalue weighted by Gasteiger charge is 2.23. The van der Waals surface area contributed by atoms with Crippen molar-refractivity contribution >= 4 is 28.8 Å². The van der Waals surface area contributed by atoms with Gasteiger partial charge < -0.3 is 15.2 Å². The van der Waals surface area contributed by atoms with Crippen LogP contribution in [0.5, 0.6) is 11.5 Å². The number of fused-ring (bicyclic) bond motifs is 1. The molecule has 10 nitrogen and oxygen atoms in total. The number of nitrogens with zero attached hydrogens (tertiary/aromatic N) is 5. The van der Waals surface area contributed by atoms with Crippen molar-refractivity contribution in [2.24, 2.45) is 0 Å². The summed E-state index contributed by atoms with van der Waals surface area (Å²) in [4.78, 5) is 36.3. The summed E-state index contributed by atoms with van der Waals surface area (Å²) in [6, 6.07) is 19.3. The summed E-state index contributed by atoms with van der Waals surface area (Å²) in [6.07, 6.45) is 0.747. The Labute approximate surface area is 229 Å². The summed E-state index contributed by atoms with van der Waals surface area (Å²) in [5.74, 6) is 0.497. The normalized spacial score (nSPS) is 11.4. The molecule has 2 heterocycles. The van der Waals surface area contributed by atoms with Gasteiger partial charge >= 0.3 is 11.8 Å². The van der Waals surface area contributed by atoms with Gasteiger partial charge in [-0.3, -0.25) is 9.47 Å². The van der Waals surface area contributed by atoms with Crippen molar-refractivity contribution < 1.29 is 18.7 Å². The molecule has 5 rings (SSSR count). The molecule has 0 radical (unpaired) electrons. The highest BCUT2D eigenvalue weighted by molar-refractivity contribution is 5.88. The van der Waals surface area contributed by atoms with E-state index < -0.39 is 23.2 Å². The van der Waals surface area contributed by atoms with Crippen LogP contribution in [0.25, 0.3) is 22.5 Å². The van der Waals surface area contributed by atoms with Gasteiger partial charge in [0.25, 0.3) is 0 Å². The van der Waals surface area contributed by atoms with Crippen LogP contribution in [-0.4, -0.2) is 37.8 Å². The quantitative estimate of drug-likeness (QED) is 0.314. The number of nitrogens with two attached hydrogens (primary N) is 1. The molecule has 0 fully saturated rings. The van der Waals surface area contributed by atoms with Gasteiger partial charge in [-0.1, -0.05) is 12.1 Å². The van der Waals surface area contributed by atoms with Crippen molar-refractivity contribution in [2.45, 2.75) is 26.4 Å². The first-order chi connectivity index (χ1) is 19.0. The SMILES string of the molecule is CN(C(=O)OC(C)(C)C)c1cccc(-n2c(=O)n(-c3ccc(Oc4cccc(F)c4)cc3)c3c(N)ncnc32)c1. The molecule has 0 atom stereocenters. The minimum absolute atomic E-state index is 0.114. The summed E-state index contributed by atoms with van der Waals surface area (Å²) in [7, 11) is 1.59. The Morgan fingerprint density at radius 1 is 0.925 bits per heavy atom. The second-order valence-electron chi connectivity index (χ2n) is 10.00. The molecule has 204 valence electrons. The number of ether oxygens (including phenoxy) is 2. The highest BCUT2D eigenvalue weighted by Crippen LogP contribution is 2.27. The molecule has 0 aliphatic heterocycles. The Morgan fingerprint density at radius 2 is 1.65 bits per heavy atom. The van der Waals surface area contributed by atoms with Gasteiger partial charge in [0.2, 0.25) is 0 Å². The maximum atomic E-state index is 13.9. The highest BCUT2D eigenvalue weighted by atomic mass is 19.1. The summed E-state index contributed by atoms with van der Waals surface area (Å²) in [6.45, 7) is 5.36. The van der Waals surface area contributed by atoms with Crippen LogP contribution in [-0.2, 0) is 4.74 Å². The number of halogens is 1. The lowest BCUT2D eigenvalue weighted by molar-refractivity contribution is 0.0589. The van der Waals surface area contributed by atoms with Gasteiger partial charge in [0.05, 0.1) is 11.4 Å². The van der Waals surface area contributed by atoms with Gasteiger partial charge in [-0.05, 0) is 75.4 Å². The molecule has 2 N–H and O–H groups in total. The van der Waals surface area contributed by atoms with Crippen LogP contribution in [0.2, 0.25) is 0 Å². The van der Waals surface area contributed by atoms with E-state index in [2.05, 4.69) is 9.97 Å². The first-order valence-electron chi connectivity index (χ1n) is 12.4. The molecule has 0 aliphatic rings. The third-order valence-corrected chi connectivity index (χ3v) is 5.92. The molecule has 0 bridgehead atoms. The lowest BCUT2D eigenvalue weighted by atomic mass is 10.2. The predicted octanol–water partition coefficient (Wildman–Crippen LogP) is 5.46. The van der Waals surface area contributed by atoms with Crippen LogP contribution in [0.1, 0.15) is 20.8 Å². The maximum Gasteiger partial charge on any atom is 0.414 e. The smallest absolute Gasteiger partial charge is 0.414 e. The molecule has 1 amide bonds. The second-order valence-corrected chi connectivity index (χ2v) is 10.00. The fourth-order valence-corrected chi connectivity index (χ4v) is 4.13. The van der Waals surface area contributed by atoms with Gasteiger partial charge in [-0.25, -0.2) is 28.5 Å². The Hall–Kier alpha value is -5.19. The molecule has 2 aromatic heterocycles. The van der Waals surface area contributed by atoms with E-state index in [1.165, 1.54) is 32.5 Å². The Balaban J connectivity index is 1.56. The fraction of sp³-hybridized carbons (Fsp3) is 0.172. The number of nitrogen functional groups attached to an aromatic ring is 1. The molecular formula is C29H27FN6O4. The maximum absolute atomic E-state index is 13.9. The van der Waals surface area contributed by atoms with Gasteiger partial charge in [0.1, 0.15) is 34.8 Å². The zero-order valence-electron chi connectivity index (χ0n) is 22.3. The van der Waals surface area contributed by atoms with E-state index in [9.17, 15) is 14.0 Å². The van der Waals surface area contributed by atoms with Crippen LogP contribution in [0, 0.1) is 5.82 Å². The van der Waals surface area contributed by atoms with Crippen LogP contribution in [0.3, 0.4) is 0 Å². The second kappa shape index (κ2) is 10.2. The van der Waals surface area contributed by atoms with Crippen molar-refractivity contribution in [3.8, 4) is 22.9 Å². The van der Waals surface area contributed by atoms with E-state index in [-0.39, 0.29) is 11.5 Å². The first-order valence-corrected chi connectivity index (χ1v) is 12.4. The minimum Gasteiger partial charge on any atom is -0.457 e. The standard InChI is InChI=1S/C29H27FN6O4/c1-29(2,3)40-28(38)34(4)20-8-6-9-21(16-20)36-26-24(25(31)32-17-33-26)35(27(36)37)19-11-13-22(14-12-19)39-23-10-5-7-18(30)15-23/h5-17H,1-4H3,(H2,31,32,33). The van der Waals surface area contributed by atoms with Crippen LogP contribution in [0.4, 0.5) is 20.7 Å². The average Bonchev–Trinajstić information content (AvgIpc) is 3.21. The lowest BCUT2D eigenvalue weighted by Gasteiger charge is -2.25. The Kier molecular flexibility index (Phi) is 6.72. The van der Waals surface area contributed by atoms with Crippen molar-refractivity contribution in [2.75, 3.05) is 17.7 Å². The average molecular weight is 543 g/mol. The largest absolute Gasteiger partial charge is 0.457 e. The van der Waals surface area contributed by atoms with E-state index >= 15 is 0 Å². The number of aromatic nitrogens is 4. The lowest BCUT2D eigenvalue weighted by Crippen LogP contribution is -2.34. The molecule has 0 saturated heterocycles. The number of rotatable bonds is 5. The van der Waals surface area contributed by atoms with Gasteiger partial charge in [-0.15, -0.1) is 0 Å². The number of carbonyl (C=O) groups is 1. The summed E-state index contributed by atoms with van der Waals surface area (Å²) < 4.78 is 27.5. The fourth-order valence-electron chi connectivity index (χ4n) is 4.13. The molecule has 0 unspecified atom stereocenters. The van der Waals surface area contributed by atoms with E-state index in [4.69, 9.17) is 15.2 Å². The number of carbonyl (C=O) groups excluding carboxylic acids is 1. The van der Waals surface area contributed by atoms with Crippen molar-refractivity contribution in [1.29, 1.82) is 0 Å². The van der Waals surface area contributed by atoms with Crippen LogP contribution < -0.4 is 21.1 Å².